The van der Waals surface area contributed by atoms with Crippen LogP contribution in [0.4, 0.5) is 0 Å². The molecule has 1 N–H and O–H groups in total. The maximum absolute atomic E-state index is 11.7. The highest BCUT2D eigenvalue weighted by Gasteiger charge is 2.19. The molecule has 0 bridgehead atoms. The van der Waals surface area contributed by atoms with Crippen molar-refractivity contribution in [1.82, 2.24) is 19.6 Å². The van der Waals surface area contributed by atoms with E-state index in [1.165, 1.54) is 29.2 Å². The zero-order valence-corrected chi connectivity index (χ0v) is 12.7. The predicted octanol–water partition coefficient (Wildman–Crippen LogP) is 0.267. The molecule has 0 radical (unpaired) electrons. The van der Waals surface area contributed by atoms with Crippen LogP contribution in [0.15, 0.2) is 18.6 Å². The van der Waals surface area contributed by atoms with Crippen molar-refractivity contribution in [1.29, 1.82) is 0 Å². The summed E-state index contributed by atoms with van der Waals surface area (Å²) in [5.74, 6) is -0.312. The third-order valence-electron chi connectivity index (χ3n) is 2.64. The predicted molar refractivity (Wildman–Crippen MR) is 75.7 cm³/mol. The summed E-state index contributed by atoms with van der Waals surface area (Å²) in [4.78, 5) is 19.4. The molecule has 0 aromatic carbocycles. The summed E-state index contributed by atoms with van der Waals surface area (Å²) in [7, 11) is -3.22. The molecule has 0 aliphatic rings. The summed E-state index contributed by atoms with van der Waals surface area (Å²) in [6.45, 7) is 4.39. The van der Waals surface area contributed by atoms with E-state index in [0.29, 0.717) is 19.5 Å². The molecule has 0 atom stereocenters. The van der Waals surface area contributed by atoms with E-state index >= 15 is 0 Å². The third kappa shape index (κ3) is 5.22. The maximum atomic E-state index is 11.7. The Labute approximate surface area is 119 Å². The van der Waals surface area contributed by atoms with Crippen LogP contribution in [0.2, 0.25) is 0 Å². The van der Waals surface area contributed by atoms with Crippen molar-refractivity contribution in [2.24, 2.45) is 0 Å². The zero-order chi connectivity index (χ0) is 15.2. The first-order valence-electron chi connectivity index (χ1n) is 6.33. The minimum Gasteiger partial charge on any atom is -0.351 e. The van der Waals surface area contributed by atoms with E-state index in [9.17, 15) is 13.2 Å². The maximum Gasteiger partial charge on any atom is 0.271 e. The lowest BCUT2D eigenvalue weighted by molar-refractivity contribution is 0.0947. The number of carbonyl (C=O) groups is 1. The van der Waals surface area contributed by atoms with Crippen LogP contribution in [-0.4, -0.2) is 54.0 Å². The molecule has 1 aromatic heterocycles. The van der Waals surface area contributed by atoms with Gasteiger partial charge in [-0.15, -0.1) is 0 Å². The summed E-state index contributed by atoms with van der Waals surface area (Å²) in [5.41, 5.74) is 0.247. The van der Waals surface area contributed by atoms with Crippen LogP contribution in [0.25, 0.3) is 0 Å². The Balaban J connectivity index is 2.40. The third-order valence-corrected chi connectivity index (χ3v) is 4.09. The van der Waals surface area contributed by atoms with Crippen molar-refractivity contribution in [3.8, 4) is 0 Å². The molecule has 7 nitrogen and oxygen atoms in total. The van der Waals surface area contributed by atoms with Crippen molar-refractivity contribution in [3.63, 3.8) is 0 Å². The van der Waals surface area contributed by atoms with Crippen LogP contribution in [0, 0.1) is 0 Å². The molecule has 0 aliphatic carbocycles. The van der Waals surface area contributed by atoms with Crippen molar-refractivity contribution in [2.45, 2.75) is 26.3 Å². The van der Waals surface area contributed by atoms with E-state index in [1.54, 1.807) is 0 Å². The smallest absolute Gasteiger partial charge is 0.271 e. The number of sulfonamides is 1. The molecular formula is C12H20N4O3S. The first kappa shape index (κ1) is 16.5. The normalized spacial score (nSPS) is 11.8. The van der Waals surface area contributed by atoms with Gasteiger partial charge in [-0.3, -0.25) is 9.78 Å². The van der Waals surface area contributed by atoms with Crippen LogP contribution in [0.3, 0.4) is 0 Å². The van der Waals surface area contributed by atoms with Gasteiger partial charge in [0.05, 0.1) is 12.5 Å². The van der Waals surface area contributed by atoms with E-state index in [0.717, 1.165) is 0 Å². The van der Waals surface area contributed by atoms with Gasteiger partial charge in [0.25, 0.3) is 5.91 Å². The minimum absolute atomic E-state index is 0.0966. The fourth-order valence-corrected chi connectivity index (χ4v) is 2.98. The van der Waals surface area contributed by atoms with Crippen LogP contribution in [-0.2, 0) is 10.0 Å². The number of carbonyl (C=O) groups excluding carboxylic acids is 1. The molecule has 0 aliphatic heterocycles. The summed E-state index contributed by atoms with van der Waals surface area (Å²) < 4.78 is 24.5. The molecular weight excluding hydrogens is 280 g/mol. The van der Waals surface area contributed by atoms with Crippen LogP contribution in [0.1, 0.15) is 30.8 Å². The van der Waals surface area contributed by atoms with Crippen LogP contribution >= 0.6 is 0 Å². The van der Waals surface area contributed by atoms with Crippen LogP contribution in [0.5, 0.6) is 0 Å². The Morgan fingerprint density at radius 1 is 1.40 bits per heavy atom. The molecule has 1 aromatic rings. The van der Waals surface area contributed by atoms with Gasteiger partial charge in [-0.05, 0) is 20.3 Å². The van der Waals surface area contributed by atoms with Gasteiger partial charge in [0.15, 0.2) is 0 Å². The van der Waals surface area contributed by atoms with Crippen molar-refractivity contribution in [3.05, 3.63) is 24.3 Å². The highest BCUT2D eigenvalue weighted by Crippen LogP contribution is 2.05. The number of nitrogens with one attached hydrogen (secondary N) is 1. The number of hydrogen-bond acceptors (Lipinski definition) is 5. The van der Waals surface area contributed by atoms with Gasteiger partial charge in [-0.25, -0.2) is 13.4 Å². The molecule has 0 unspecified atom stereocenters. The second-order valence-electron chi connectivity index (χ2n) is 4.67. The summed E-state index contributed by atoms with van der Waals surface area (Å²) in [5, 5.41) is 2.68. The molecule has 0 saturated heterocycles. The van der Waals surface area contributed by atoms with E-state index in [1.807, 2.05) is 13.8 Å². The highest BCUT2D eigenvalue weighted by atomic mass is 32.2. The molecule has 8 heteroatoms. The summed E-state index contributed by atoms with van der Waals surface area (Å²) >= 11 is 0. The SMILES string of the molecule is CC(C)N(CCCNC(=O)c1cnccn1)S(C)(=O)=O. The molecule has 1 heterocycles. The average molecular weight is 300 g/mol. The number of hydrogen-bond donors (Lipinski definition) is 1. The van der Waals surface area contributed by atoms with Gasteiger partial charge < -0.3 is 5.32 Å². The van der Waals surface area contributed by atoms with E-state index in [2.05, 4.69) is 15.3 Å². The quantitative estimate of drug-likeness (QED) is 0.730. The Morgan fingerprint density at radius 2 is 2.10 bits per heavy atom. The van der Waals surface area contributed by atoms with Crippen molar-refractivity contribution >= 4 is 15.9 Å². The zero-order valence-electron chi connectivity index (χ0n) is 11.9. The fraction of sp³-hybridized carbons (Fsp3) is 0.583. The molecule has 112 valence electrons. The standard InChI is InChI=1S/C12H20N4O3S/c1-10(2)16(20(3,18)19)8-4-5-15-12(17)11-9-13-6-7-14-11/h6-7,9-10H,4-5,8H2,1-3H3,(H,15,17). The molecule has 0 saturated carbocycles. The van der Waals surface area contributed by atoms with Crippen molar-refractivity contribution < 1.29 is 13.2 Å². The van der Waals surface area contributed by atoms with Crippen LogP contribution < -0.4 is 5.32 Å². The van der Waals surface area contributed by atoms with E-state index < -0.39 is 10.0 Å². The summed E-state index contributed by atoms with van der Waals surface area (Å²) in [6.07, 6.45) is 6.04. The number of amides is 1. The lowest BCUT2D eigenvalue weighted by Crippen LogP contribution is -2.38. The number of rotatable bonds is 7. The Bertz CT molecular complexity index is 531. The first-order valence-corrected chi connectivity index (χ1v) is 8.18. The van der Waals surface area contributed by atoms with E-state index in [-0.39, 0.29) is 17.6 Å². The molecule has 1 amide bonds. The van der Waals surface area contributed by atoms with E-state index in [4.69, 9.17) is 0 Å². The van der Waals surface area contributed by atoms with Gasteiger partial charge in [-0.2, -0.15) is 4.31 Å². The highest BCUT2D eigenvalue weighted by molar-refractivity contribution is 7.88. The largest absolute Gasteiger partial charge is 0.351 e. The summed E-state index contributed by atoms with van der Waals surface area (Å²) in [6, 6.07) is -0.0966. The fourth-order valence-electron chi connectivity index (χ4n) is 1.75. The lowest BCUT2D eigenvalue weighted by Gasteiger charge is -2.23. The lowest BCUT2D eigenvalue weighted by atomic mass is 10.3. The number of nitrogens with zero attached hydrogens (tertiary/aromatic N) is 3. The molecule has 1 rings (SSSR count). The second-order valence-corrected chi connectivity index (χ2v) is 6.60. The van der Waals surface area contributed by atoms with Gasteiger partial charge >= 0.3 is 0 Å². The Kier molecular flexibility index (Phi) is 6.03. The Hall–Kier alpha value is -1.54. The monoisotopic (exact) mass is 300 g/mol. The van der Waals surface area contributed by atoms with Crippen molar-refractivity contribution in [2.75, 3.05) is 19.3 Å². The Morgan fingerprint density at radius 3 is 2.60 bits per heavy atom. The first-order chi connectivity index (χ1) is 9.32. The average Bonchev–Trinajstić information content (AvgIpc) is 2.37. The van der Waals surface area contributed by atoms with Gasteiger partial charge in [0.2, 0.25) is 10.0 Å². The van der Waals surface area contributed by atoms with Gasteiger partial charge in [0.1, 0.15) is 5.69 Å². The molecule has 20 heavy (non-hydrogen) atoms. The van der Waals surface area contributed by atoms with Gasteiger partial charge in [-0.1, -0.05) is 0 Å². The number of aromatic nitrogens is 2. The molecule has 0 fully saturated rings. The second kappa shape index (κ2) is 7.30. The minimum atomic E-state index is -3.22. The van der Waals surface area contributed by atoms with Gasteiger partial charge in [0, 0.05) is 31.5 Å². The molecule has 0 spiro atoms. The topological polar surface area (TPSA) is 92.3 Å².